The molecule has 0 aliphatic rings. The SMILES string of the molecule is COCC(C)NC(=O)c1cc(C)c(Br)c(S(=O)(=O)Cl)c1. The van der Waals surface area contributed by atoms with Crippen molar-refractivity contribution in [1.82, 2.24) is 5.32 Å². The molecule has 1 amide bonds. The second-order valence-corrected chi connectivity index (χ2v) is 7.70. The first-order valence-electron chi connectivity index (χ1n) is 5.71. The van der Waals surface area contributed by atoms with Crippen molar-refractivity contribution in [2.45, 2.75) is 24.8 Å². The van der Waals surface area contributed by atoms with Crippen LogP contribution in [0.1, 0.15) is 22.8 Å². The van der Waals surface area contributed by atoms with E-state index in [1.807, 2.05) is 0 Å². The highest BCUT2D eigenvalue weighted by atomic mass is 79.9. The number of benzene rings is 1. The van der Waals surface area contributed by atoms with Gasteiger partial charge in [-0.1, -0.05) is 0 Å². The Balaban J connectivity index is 3.15. The monoisotopic (exact) mass is 383 g/mol. The standard InChI is InChI=1S/C12H15BrClNO4S/c1-7-4-9(12(16)15-8(2)6-19-3)5-10(11(7)13)20(14,17)18/h4-5,8H,6H2,1-3H3,(H,15,16). The molecule has 0 saturated heterocycles. The lowest BCUT2D eigenvalue weighted by Gasteiger charge is -2.14. The minimum absolute atomic E-state index is 0.122. The highest BCUT2D eigenvalue weighted by Crippen LogP contribution is 2.29. The number of nitrogens with one attached hydrogen (secondary N) is 1. The first kappa shape index (κ1) is 17.4. The molecule has 1 atom stereocenters. The molecule has 1 N–H and O–H groups in total. The lowest BCUT2D eigenvalue weighted by molar-refractivity contribution is 0.0905. The minimum atomic E-state index is -3.93. The van der Waals surface area contributed by atoms with Crippen LogP contribution < -0.4 is 5.32 Å². The van der Waals surface area contributed by atoms with Crippen molar-refractivity contribution < 1.29 is 17.9 Å². The molecule has 0 aliphatic carbocycles. The first-order valence-corrected chi connectivity index (χ1v) is 8.81. The molecule has 1 aromatic rings. The van der Waals surface area contributed by atoms with Crippen LogP contribution in [-0.2, 0) is 13.8 Å². The van der Waals surface area contributed by atoms with Crippen molar-refractivity contribution in [2.24, 2.45) is 0 Å². The van der Waals surface area contributed by atoms with Gasteiger partial charge in [-0.15, -0.1) is 0 Å². The van der Waals surface area contributed by atoms with E-state index < -0.39 is 9.05 Å². The quantitative estimate of drug-likeness (QED) is 0.792. The van der Waals surface area contributed by atoms with E-state index in [0.29, 0.717) is 16.6 Å². The van der Waals surface area contributed by atoms with E-state index in [-0.39, 0.29) is 22.4 Å². The number of carbonyl (C=O) groups is 1. The molecule has 1 aromatic carbocycles. The van der Waals surface area contributed by atoms with Gasteiger partial charge in [0.15, 0.2) is 0 Å². The third-order valence-electron chi connectivity index (χ3n) is 2.54. The smallest absolute Gasteiger partial charge is 0.262 e. The van der Waals surface area contributed by atoms with E-state index in [1.165, 1.54) is 13.2 Å². The van der Waals surface area contributed by atoms with Crippen molar-refractivity contribution in [1.29, 1.82) is 0 Å². The Bertz CT molecular complexity index is 618. The fraction of sp³-hybridized carbons (Fsp3) is 0.417. The van der Waals surface area contributed by atoms with Gasteiger partial charge in [0.25, 0.3) is 15.0 Å². The van der Waals surface area contributed by atoms with E-state index in [0.717, 1.165) is 0 Å². The fourth-order valence-corrected chi connectivity index (χ4v) is 3.80. The maximum Gasteiger partial charge on any atom is 0.262 e. The summed E-state index contributed by atoms with van der Waals surface area (Å²) < 4.78 is 28.3. The third-order valence-corrected chi connectivity index (χ3v) is 5.20. The summed E-state index contributed by atoms with van der Waals surface area (Å²) in [6.45, 7) is 3.83. The molecular formula is C12H15BrClNO4S. The van der Waals surface area contributed by atoms with E-state index in [2.05, 4.69) is 21.2 Å². The molecule has 8 heteroatoms. The number of ether oxygens (including phenoxy) is 1. The summed E-state index contributed by atoms with van der Waals surface area (Å²) in [5.41, 5.74) is 0.837. The van der Waals surface area contributed by atoms with Crippen molar-refractivity contribution >= 4 is 41.6 Å². The average Bonchev–Trinajstić information content (AvgIpc) is 2.30. The molecule has 0 aliphatic heterocycles. The van der Waals surface area contributed by atoms with Gasteiger partial charge >= 0.3 is 0 Å². The molecule has 0 aromatic heterocycles. The Morgan fingerprint density at radius 1 is 1.50 bits per heavy atom. The summed E-state index contributed by atoms with van der Waals surface area (Å²) in [5, 5.41) is 2.71. The van der Waals surface area contributed by atoms with E-state index in [4.69, 9.17) is 15.4 Å². The van der Waals surface area contributed by atoms with Crippen LogP contribution in [0.5, 0.6) is 0 Å². The van der Waals surface area contributed by atoms with Crippen molar-refractivity contribution in [3.8, 4) is 0 Å². The highest BCUT2D eigenvalue weighted by Gasteiger charge is 2.20. The van der Waals surface area contributed by atoms with E-state index in [9.17, 15) is 13.2 Å². The number of methoxy groups -OCH3 is 1. The van der Waals surface area contributed by atoms with Gasteiger partial charge in [-0.25, -0.2) is 8.42 Å². The number of rotatable bonds is 5. The molecule has 0 spiro atoms. The van der Waals surface area contributed by atoms with Crippen LogP contribution in [0.3, 0.4) is 0 Å². The van der Waals surface area contributed by atoms with Gasteiger partial charge in [0, 0.05) is 33.9 Å². The molecule has 112 valence electrons. The summed E-state index contributed by atoms with van der Waals surface area (Å²) in [7, 11) is 2.96. The predicted molar refractivity (Wildman–Crippen MR) is 80.7 cm³/mol. The summed E-state index contributed by atoms with van der Waals surface area (Å²) in [5.74, 6) is -0.383. The fourth-order valence-electron chi connectivity index (χ4n) is 1.64. The van der Waals surface area contributed by atoms with Crippen molar-refractivity contribution in [3.05, 3.63) is 27.7 Å². The van der Waals surface area contributed by atoms with Gasteiger partial charge in [0.1, 0.15) is 0 Å². The van der Waals surface area contributed by atoms with Crippen molar-refractivity contribution in [3.63, 3.8) is 0 Å². The first-order chi connectivity index (χ1) is 9.16. The van der Waals surface area contributed by atoms with E-state index in [1.54, 1.807) is 19.9 Å². The predicted octanol–water partition coefficient (Wildman–Crippen LogP) is 2.45. The summed E-state index contributed by atoms with van der Waals surface area (Å²) >= 11 is 3.16. The van der Waals surface area contributed by atoms with Crippen LogP contribution >= 0.6 is 26.6 Å². The zero-order chi connectivity index (χ0) is 15.5. The maximum atomic E-state index is 12.1. The van der Waals surface area contributed by atoms with Gasteiger partial charge in [0.05, 0.1) is 11.5 Å². The molecular weight excluding hydrogens is 370 g/mol. The molecule has 1 rings (SSSR count). The third kappa shape index (κ3) is 4.44. The summed E-state index contributed by atoms with van der Waals surface area (Å²) in [6, 6.07) is 2.64. The number of carbonyl (C=O) groups excluding carboxylic acids is 1. The normalized spacial score (nSPS) is 13.1. The molecule has 0 fully saturated rings. The van der Waals surface area contributed by atoms with Crippen LogP contribution in [-0.4, -0.2) is 34.1 Å². The zero-order valence-corrected chi connectivity index (χ0v) is 14.4. The van der Waals surface area contributed by atoms with Gasteiger partial charge in [-0.05, 0) is 47.5 Å². The summed E-state index contributed by atoms with van der Waals surface area (Å²) in [6.07, 6.45) is 0. The van der Waals surface area contributed by atoms with E-state index >= 15 is 0 Å². The lowest BCUT2D eigenvalue weighted by atomic mass is 10.1. The van der Waals surface area contributed by atoms with Crippen LogP contribution in [0.4, 0.5) is 0 Å². The second kappa shape index (κ2) is 6.89. The van der Waals surface area contributed by atoms with Crippen molar-refractivity contribution in [2.75, 3.05) is 13.7 Å². The molecule has 0 radical (unpaired) electrons. The van der Waals surface area contributed by atoms with Gasteiger partial charge in [-0.2, -0.15) is 0 Å². The number of halogens is 2. The zero-order valence-electron chi connectivity index (χ0n) is 11.2. The molecule has 1 unspecified atom stereocenters. The van der Waals surface area contributed by atoms with Crippen LogP contribution in [0.15, 0.2) is 21.5 Å². The van der Waals surface area contributed by atoms with Crippen LogP contribution in [0.2, 0.25) is 0 Å². The van der Waals surface area contributed by atoms with Gasteiger partial charge < -0.3 is 10.1 Å². The molecule has 0 bridgehead atoms. The Hall–Kier alpha value is -0.630. The Morgan fingerprint density at radius 2 is 2.10 bits per heavy atom. The Morgan fingerprint density at radius 3 is 2.60 bits per heavy atom. The molecule has 20 heavy (non-hydrogen) atoms. The number of amides is 1. The van der Waals surface area contributed by atoms with Crippen LogP contribution in [0, 0.1) is 6.92 Å². The average molecular weight is 385 g/mol. The second-order valence-electron chi connectivity index (χ2n) is 4.37. The number of hydrogen-bond acceptors (Lipinski definition) is 4. The highest BCUT2D eigenvalue weighted by molar-refractivity contribution is 9.10. The molecule has 0 saturated carbocycles. The maximum absolute atomic E-state index is 12.1. The number of aryl methyl sites for hydroxylation is 1. The Kier molecular flexibility index (Phi) is 6.00. The largest absolute Gasteiger partial charge is 0.383 e. The van der Waals surface area contributed by atoms with Gasteiger partial charge in [-0.3, -0.25) is 4.79 Å². The van der Waals surface area contributed by atoms with Gasteiger partial charge in [0.2, 0.25) is 0 Å². The number of hydrogen-bond donors (Lipinski definition) is 1. The molecule has 0 heterocycles. The minimum Gasteiger partial charge on any atom is -0.383 e. The Labute approximate surface area is 131 Å². The molecule has 5 nitrogen and oxygen atoms in total. The summed E-state index contributed by atoms with van der Waals surface area (Å²) in [4.78, 5) is 11.9. The van der Waals surface area contributed by atoms with Crippen LogP contribution in [0.25, 0.3) is 0 Å². The topological polar surface area (TPSA) is 72.5 Å². The lowest BCUT2D eigenvalue weighted by Crippen LogP contribution is -2.35.